The van der Waals surface area contributed by atoms with Gasteiger partial charge in [-0.1, -0.05) is 69.4 Å². The maximum Gasteiger partial charge on any atom is 0.160 e. The van der Waals surface area contributed by atoms with E-state index in [1.807, 2.05) is 0 Å². The van der Waals surface area contributed by atoms with E-state index in [9.17, 15) is 8.78 Å². The molecule has 0 amide bonds. The zero-order chi connectivity index (χ0) is 22.3. The van der Waals surface area contributed by atoms with Crippen LogP contribution in [0.15, 0.2) is 42.5 Å². The van der Waals surface area contributed by atoms with E-state index in [2.05, 4.69) is 43.0 Å². The van der Waals surface area contributed by atoms with Gasteiger partial charge in [-0.3, -0.25) is 0 Å². The van der Waals surface area contributed by atoms with Crippen LogP contribution in [0.4, 0.5) is 8.78 Å². The number of benzene rings is 2. The van der Waals surface area contributed by atoms with Crippen LogP contribution < -0.4 is 0 Å². The summed E-state index contributed by atoms with van der Waals surface area (Å²) >= 11 is 0. The molecule has 2 saturated carbocycles. The number of unbranched alkanes of at least 4 members (excludes halogenated alkanes) is 3. The SMILES string of the molecule is CCCCCCC1CCC2CC(c3ccc(C#Cc4ccc(F)c(F)c4)cc3)CCC2C1. The average Bonchev–Trinajstić information content (AvgIpc) is 2.82. The molecule has 2 heteroatoms. The largest absolute Gasteiger partial charge is 0.204 e. The highest BCUT2D eigenvalue weighted by Crippen LogP contribution is 2.48. The van der Waals surface area contributed by atoms with E-state index >= 15 is 0 Å². The van der Waals surface area contributed by atoms with Gasteiger partial charge in [0.25, 0.3) is 0 Å². The van der Waals surface area contributed by atoms with Gasteiger partial charge in [0.2, 0.25) is 0 Å². The predicted octanol–water partition coefficient (Wildman–Crippen LogP) is 8.64. The Balaban J connectivity index is 1.30. The summed E-state index contributed by atoms with van der Waals surface area (Å²) in [6, 6.07) is 12.4. The van der Waals surface area contributed by atoms with Gasteiger partial charge in [0.1, 0.15) is 0 Å². The van der Waals surface area contributed by atoms with Crippen molar-refractivity contribution in [2.24, 2.45) is 17.8 Å². The molecule has 2 aromatic rings. The highest BCUT2D eigenvalue weighted by atomic mass is 19.2. The molecule has 170 valence electrons. The van der Waals surface area contributed by atoms with Crippen LogP contribution in [0, 0.1) is 41.2 Å². The van der Waals surface area contributed by atoms with Crippen LogP contribution in [-0.2, 0) is 0 Å². The van der Waals surface area contributed by atoms with E-state index in [1.165, 1.54) is 82.3 Å². The van der Waals surface area contributed by atoms with Gasteiger partial charge in [0.15, 0.2) is 11.6 Å². The Labute approximate surface area is 192 Å². The van der Waals surface area contributed by atoms with E-state index in [0.717, 1.165) is 35.4 Å². The summed E-state index contributed by atoms with van der Waals surface area (Å²) in [6.45, 7) is 2.29. The molecule has 2 fully saturated rings. The highest BCUT2D eigenvalue weighted by Gasteiger charge is 2.35. The van der Waals surface area contributed by atoms with E-state index in [1.54, 1.807) is 0 Å². The Hall–Kier alpha value is -2.14. The first-order chi connectivity index (χ1) is 15.6. The van der Waals surface area contributed by atoms with Crippen LogP contribution in [-0.4, -0.2) is 0 Å². The highest BCUT2D eigenvalue weighted by molar-refractivity contribution is 5.44. The fourth-order valence-corrected chi connectivity index (χ4v) is 5.97. The van der Waals surface area contributed by atoms with Crippen LogP contribution in [0.3, 0.4) is 0 Å². The van der Waals surface area contributed by atoms with E-state index in [-0.39, 0.29) is 0 Å². The molecule has 2 aliphatic rings. The summed E-state index contributed by atoms with van der Waals surface area (Å²) in [4.78, 5) is 0. The molecule has 4 unspecified atom stereocenters. The fraction of sp³-hybridized carbons (Fsp3) is 0.533. The Kier molecular flexibility index (Phi) is 8.01. The van der Waals surface area contributed by atoms with Crippen LogP contribution in [0.5, 0.6) is 0 Å². The number of rotatable bonds is 6. The van der Waals surface area contributed by atoms with Gasteiger partial charge in [-0.25, -0.2) is 8.78 Å². The Morgan fingerprint density at radius 3 is 2.25 bits per heavy atom. The summed E-state index contributed by atoms with van der Waals surface area (Å²) in [5.74, 6) is 7.84. The number of halogens is 2. The molecule has 2 aliphatic carbocycles. The molecule has 0 nitrogen and oxygen atoms in total. The van der Waals surface area contributed by atoms with Crippen molar-refractivity contribution in [1.29, 1.82) is 0 Å². The summed E-state index contributed by atoms with van der Waals surface area (Å²) < 4.78 is 26.4. The maximum absolute atomic E-state index is 13.3. The van der Waals surface area contributed by atoms with Gasteiger partial charge >= 0.3 is 0 Å². The molecule has 0 heterocycles. The first-order valence-electron chi connectivity index (χ1n) is 12.7. The lowest BCUT2D eigenvalue weighted by Crippen LogP contribution is -2.30. The molecule has 0 N–H and O–H groups in total. The lowest BCUT2D eigenvalue weighted by molar-refractivity contribution is 0.113. The topological polar surface area (TPSA) is 0 Å². The second-order valence-electron chi connectivity index (χ2n) is 10.1. The van der Waals surface area contributed by atoms with Crippen LogP contribution in [0.25, 0.3) is 0 Å². The van der Waals surface area contributed by atoms with E-state index in [0.29, 0.717) is 11.5 Å². The van der Waals surface area contributed by atoms with Gasteiger partial charge in [0.05, 0.1) is 0 Å². The van der Waals surface area contributed by atoms with Gasteiger partial charge in [-0.15, -0.1) is 0 Å². The first-order valence-corrected chi connectivity index (χ1v) is 12.7. The standard InChI is InChI=1S/C30H36F2/c1-2-3-4-5-6-23-11-15-28-21-27(17-16-26(28)19-23)25-13-9-22(10-14-25)7-8-24-12-18-29(31)30(32)20-24/h9-10,12-14,18,20,23,26-28H,2-6,11,15-17,19,21H2,1H3. The number of hydrogen-bond donors (Lipinski definition) is 0. The second-order valence-corrected chi connectivity index (χ2v) is 10.1. The second kappa shape index (κ2) is 11.1. The van der Waals surface area contributed by atoms with Crippen molar-refractivity contribution in [3.63, 3.8) is 0 Å². The molecule has 0 saturated heterocycles. The minimum atomic E-state index is -0.853. The lowest BCUT2D eigenvalue weighted by atomic mass is 9.63. The summed E-state index contributed by atoms with van der Waals surface area (Å²) in [5, 5.41) is 0. The van der Waals surface area contributed by atoms with Gasteiger partial charge < -0.3 is 0 Å². The summed E-state index contributed by atoms with van der Waals surface area (Å²) in [7, 11) is 0. The molecule has 0 spiro atoms. The Morgan fingerprint density at radius 2 is 1.47 bits per heavy atom. The van der Waals surface area contributed by atoms with Crippen LogP contribution in [0.1, 0.15) is 100 Å². The van der Waals surface area contributed by atoms with Gasteiger partial charge in [0, 0.05) is 11.1 Å². The van der Waals surface area contributed by atoms with Crippen molar-refractivity contribution >= 4 is 0 Å². The van der Waals surface area contributed by atoms with Crippen molar-refractivity contribution in [3.8, 4) is 11.8 Å². The molecule has 32 heavy (non-hydrogen) atoms. The third-order valence-corrected chi connectivity index (χ3v) is 7.84. The summed E-state index contributed by atoms with van der Waals surface area (Å²) in [5.41, 5.74) is 2.84. The van der Waals surface area contributed by atoms with Crippen molar-refractivity contribution in [3.05, 3.63) is 70.8 Å². The van der Waals surface area contributed by atoms with E-state index < -0.39 is 11.6 Å². The number of hydrogen-bond acceptors (Lipinski definition) is 0. The molecule has 0 radical (unpaired) electrons. The third kappa shape index (κ3) is 6.00. The first kappa shape index (κ1) is 23.0. The fourth-order valence-electron chi connectivity index (χ4n) is 5.97. The molecule has 0 aromatic heterocycles. The summed E-state index contributed by atoms with van der Waals surface area (Å²) in [6.07, 6.45) is 15.4. The average molecular weight is 435 g/mol. The lowest BCUT2D eigenvalue weighted by Gasteiger charge is -2.42. The van der Waals surface area contributed by atoms with Crippen LogP contribution >= 0.6 is 0 Å². The monoisotopic (exact) mass is 434 g/mol. The third-order valence-electron chi connectivity index (χ3n) is 7.84. The molecular formula is C30H36F2. The minimum Gasteiger partial charge on any atom is -0.204 e. The van der Waals surface area contributed by atoms with Crippen LogP contribution in [0.2, 0.25) is 0 Å². The zero-order valence-corrected chi connectivity index (χ0v) is 19.4. The Bertz CT molecular complexity index is 934. The van der Waals surface area contributed by atoms with Crippen molar-refractivity contribution in [2.45, 2.75) is 83.5 Å². The van der Waals surface area contributed by atoms with Gasteiger partial charge in [-0.05, 0) is 91.7 Å². The van der Waals surface area contributed by atoms with Crippen molar-refractivity contribution in [1.82, 2.24) is 0 Å². The molecule has 0 bridgehead atoms. The van der Waals surface area contributed by atoms with Gasteiger partial charge in [-0.2, -0.15) is 0 Å². The minimum absolute atomic E-state index is 0.493. The zero-order valence-electron chi connectivity index (χ0n) is 19.4. The van der Waals surface area contributed by atoms with Crippen molar-refractivity contribution in [2.75, 3.05) is 0 Å². The maximum atomic E-state index is 13.3. The smallest absolute Gasteiger partial charge is 0.160 e. The van der Waals surface area contributed by atoms with E-state index in [4.69, 9.17) is 0 Å². The van der Waals surface area contributed by atoms with Crippen molar-refractivity contribution < 1.29 is 8.78 Å². The quantitative estimate of drug-likeness (QED) is 0.315. The predicted molar refractivity (Wildman–Crippen MR) is 128 cm³/mol. The normalized spacial score (nSPS) is 25.0. The molecule has 0 aliphatic heterocycles. The molecule has 2 aromatic carbocycles. The Morgan fingerprint density at radius 1 is 0.750 bits per heavy atom. The number of fused-ring (bicyclic) bond motifs is 1. The molecule has 4 atom stereocenters. The molecular weight excluding hydrogens is 398 g/mol. The molecule has 4 rings (SSSR count).